The molecule has 0 unspecified atom stereocenters. The number of hydrogen-bond acceptors (Lipinski definition) is 7. The van der Waals surface area contributed by atoms with E-state index in [1.165, 1.54) is 23.1 Å². The number of fused-ring (bicyclic) bond motifs is 1. The molecule has 4 rings (SSSR count). The molecule has 0 aliphatic rings. The lowest BCUT2D eigenvalue weighted by Gasteiger charge is -2.02. The molecule has 0 saturated carbocycles. The molecule has 0 aliphatic heterocycles. The summed E-state index contributed by atoms with van der Waals surface area (Å²) in [6.07, 6.45) is 3.31. The Bertz CT molecular complexity index is 1050. The Morgan fingerprint density at radius 1 is 1.19 bits per heavy atom. The molecule has 4 aromatic rings. The summed E-state index contributed by atoms with van der Waals surface area (Å²) in [6.45, 7) is 1.94. The lowest BCUT2D eigenvalue weighted by Crippen LogP contribution is -2.03. The van der Waals surface area contributed by atoms with E-state index < -0.39 is 0 Å². The Labute approximate surface area is 157 Å². The molecular formula is C18H14N4O2S2. The van der Waals surface area contributed by atoms with Crippen LogP contribution in [0.15, 0.2) is 60.0 Å². The van der Waals surface area contributed by atoms with E-state index in [2.05, 4.69) is 15.1 Å². The van der Waals surface area contributed by atoms with Gasteiger partial charge >= 0.3 is 5.97 Å². The molecule has 0 fully saturated rings. The van der Waals surface area contributed by atoms with Crippen molar-refractivity contribution in [3.8, 4) is 5.69 Å². The van der Waals surface area contributed by atoms with Crippen LogP contribution in [0.4, 0.5) is 0 Å². The van der Waals surface area contributed by atoms with Gasteiger partial charge in [0.25, 0.3) is 0 Å². The maximum atomic E-state index is 12.4. The number of benzene rings is 1. The zero-order valence-corrected chi connectivity index (χ0v) is 15.5. The van der Waals surface area contributed by atoms with Gasteiger partial charge in [0.2, 0.25) is 0 Å². The van der Waals surface area contributed by atoms with E-state index >= 15 is 0 Å². The molecule has 6 nitrogen and oxygen atoms in total. The van der Waals surface area contributed by atoms with Gasteiger partial charge in [0, 0.05) is 17.8 Å². The number of aromatic nitrogens is 4. The third kappa shape index (κ3) is 3.33. The number of thioether (sulfide) groups is 1. The van der Waals surface area contributed by atoms with Gasteiger partial charge in [0.05, 0.1) is 11.4 Å². The number of esters is 1. The quantitative estimate of drug-likeness (QED) is 0.224. The molecule has 130 valence electrons. The first-order valence-electron chi connectivity index (χ1n) is 7.84. The molecule has 0 bridgehead atoms. The first-order valence-corrected chi connectivity index (χ1v) is 9.64. The van der Waals surface area contributed by atoms with Crippen LogP contribution >= 0.6 is 23.1 Å². The highest BCUT2D eigenvalue weighted by Gasteiger charge is 2.18. The van der Waals surface area contributed by atoms with Gasteiger partial charge in [0.15, 0.2) is 5.16 Å². The van der Waals surface area contributed by atoms with E-state index in [1.807, 2.05) is 48.0 Å². The van der Waals surface area contributed by atoms with Crippen LogP contribution in [0.2, 0.25) is 0 Å². The fraction of sp³-hybridized carbons (Fsp3) is 0.111. The molecule has 1 aromatic carbocycles. The number of rotatable bonds is 5. The second-order valence-electron chi connectivity index (χ2n) is 5.39. The molecule has 0 radical (unpaired) electrons. The minimum Gasteiger partial charge on any atom is -0.450 e. The van der Waals surface area contributed by atoms with Gasteiger partial charge in [-0.3, -0.25) is 0 Å². The fourth-order valence-electron chi connectivity index (χ4n) is 2.46. The fourth-order valence-corrected chi connectivity index (χ4v) is 4.08. The summed E-state index contributed by atoms with van der Waals surface area (Å²) in [4.78, 5) is 22.0. The molecule has 3 aromatic heterocycles. The lowest BCUT2D eigenvalue weighted by atomic mass is 10.3. The monoisotopic (exact) mass is 382 g/mol. The number of thiophene rings is 1. The Morgan fingerprint density at radius 3 is 2.73 bits per heavy atom. The number of para-hydroxylation sites is 1. The summed E-state index contributed by atoms with van der Waals surface area (Å²) in [5, 5.41) is 6.12. The third-order valence-corrected chi connectivity index (χ3v) is 5.46. The van der Waals surface area contributed by atoms with E-state index in [1.54, 1.807) is 18.5 Å². The van der Waals surface area contributed by atoms with E-state index in [-0.39, 0.29) is 11.9 Å². The number of carbonyl (C=O) groups excluding carboxylic acids is 1. The summed E-state index contributed by atoms with van der Waals surface area (Å²) < 4.78 is 7.20. The molecule has 0 N–H and O–H groups in total. The molecule has 26 heavy (non-hydrogen) atoms. The topological polar surface area (TPSA) is 69.9 Å². The third-order valence-electron chi connectivity index (χ3n) is 3.67. The minimum atomic E-state index is -0.353. The number of ether oxygens (including phenoxy) is 1. The average Bonchev–Trinajstić information content (AvgIpc) is 3.24. The van der Waals surface area contributed by atoms with Crippen molar-refractivity contribution in [1.82, 2.24) is 19.7 Å². The number of aryl methyl sites for hydroxylation is 1. The highest BCUT2D eigenvalue weighted by Crippen LogP contribution is 2.31. The molecule has 3 heterocycles. The second-order valence-corrected chi connectivity index (χ2v) is 7.31. The highest BCUT2D eigenvalue weighted by molar-refractivity contribution is 7.99. The summed E-state index contributed by atoms with van der Waals surface area (Å²) >= 11 is 2.66. The van der Waals surface area contributed by atoms with Crippen molar-refractivity contribution >= 4 is 39.3 Å². The summed E-state index contributed by atoms with van der Waals surface area (Å²) in [7, 11) is 0. The van der Waals surface area contributed by atoms with Crippen LogP contribution in [0.5, 0.6) is 0 Å². The normalized spacial score (nSPS) is 11.0. The molecule has 0 spiro atoms. The van der Waals surface area contributed by atoms with Crippen molar-refractivity contribution in [1.29, 1.82) is 0 Å². The van der Waals surface area contributed by atoms with Crippen LogP contribution in [0.1, 0.15) is 15.4 Å². The van der Waals surface area contributed by atoms with Crippen molar-refractivity contribution in [2.75, 3.05) is 5.94 Å². The van der Waals surface area contributed by atoms with Crippen molar-refractivity contribution in [3.05, 3.63) is 65.4 Å². The van der Waals surface area contributed by atoms with Crippen LogP contribution in [-0.2, 0) is 4.74 Å². The smallest absolute Gasteiger partial charge is 0.349 e. The van der Waals surface area contributed by atoms with Gasteiger partial charge in [-0.25, -0.2) is 19.4 Å². The molecule has 0 saturated heterocycles. The predicted molar refractivity (Wildman–Crippen MR) is 102 cm³/mol. The van der Waals surface area contributed by atoms with Crippen molar-refractivity contribution in [2.24, 2.45) is 0 Å². The molecule has 0 aliphatic carbocycles. The van der Waals surface area contributed by atoms with Crippen LogP contribution < -0.4 is 0 Å². The molecule has 0 atom stereocenters. The molecular weight excluding hydrogens is 368 g/mol. The van der Waals surface area contributed by atoms with Gasteiger partial charge in [0.1, 0.15) is 15.6 Å². The lowest BCUT2D eigenvalue weighted by molar-refractivity contribution is 0.0585. The van der Waals surface area contributed by atoms with Gasteiger partial charge in [-0.05, 0) is 43.0 Å². The highest BCUT2D eigenvalue weighted by atomic mass is 32.2. The van der Waals surface area contributed by atoms with E-state index in [4.69, 9.17) is 4.74 Å². The van der Waals surface area contributed by atoms with E-state index in [0.29, 0.717) is 10.0 Å². The van der Waals surface area contributed by atoms with Gasteiger partial charge in [-0.1, -0.05) is 18.2 Å². The predicted octanol–water partition coefficient (Wildman–Crippen LogP) is 4.09. The van der Waals surface area contributed by atoms with Crippen LogP contribution in [0, 0.1) is 6.92 Å². The summed E-state index contributed by atoms with van der Waals surface area (Å²) in [6, 6.07) is 13.4. The number of hydrogen-bond donors (Lipinski definition) is 0. The first kappa shape index (κ1) is 16.7. The summed E-state index contributed by atoms with van der Waals surface area (Å²) in [5.74, 6) is -0.186. The first-order chi connectivity index (χ1) is 12.7. The average molecular weight is 382 g/mol. The van der Waals surface area contributed by atoms with Gasteiger partial charge < -0.3 is 4.74 Å². The maximum absolute atomic E-state index is 12.4. The van der Waals surface area contributed by atoms with Crippen LogP contribution in [0.25, 0.3) is 15.9 Å². The van der Waals surface area contributed by atoms with Crippen LogP contribution in [0.3, 0.4) is 0 Å². The largest absolute Gasteiger partial charge is 0.450 e. The van der Waals surface area contributed by atoms with Crippen molar-refractivity contribution in [3.63, 3.8) is 0 Å². The van der Waals surface area contributed by atoms with E-state index in [9.17, 15) is 4.79 Å². The van der Waals surface area contributed by atoms with Gasteiger partial charge in [-0.15, -0.1) is 11.3 Å². The second kappa shape index (κ2) is 7.27. The Balaban J connectivity index is 1.53. The minimum absolute atomic E-state index is 0.168. The Hall–Kier alpha value is -2.71. The number of nitrogens with zero attached hydrogens (tertiary/aromatic N) is 4. The molecule has 0 amide bonds. The van der Waals surface area contributed by atoms with Crippen molar-refractivity contribution < 1.29 is 9.53 Å². The van der Waals surface area contributed by atoms with Crippen LogP contribution in [-0.4, -0.2) is 31.7 Å². The van der Waals surface area contributed by atoms with Gasteiger partial charge in [-0.2, -0.15) is 5.10 Å². The SMILES string of the molecule is Cc1nn(-c2ccccc2)c2sc(C(=O)OCSc3ncccn3)cc12. The number of carbonyl (C=O) groups is 1. The molecule has 8 heteroatoms. The Morgan fingerprint density at radius 2 is 1.96 bits per heavy atom. The maximum Gasteiger partial charge on any atom is 0.349 e. The van der Waals surface area contributed by atoms with E-state index in [0.717, 1.165) is 21.6 Å². The van der Waals surface area contributed by atoms with Crippen molar-refractivity contribution in [2.45, 2.75) is 12.1 Å². The standard InChI is InChI=1S/C18H14N4O2S2/c1-12-14-10-15(17(23)24-11-25-18-19-8-5-9-20-18)26-16(14)22(21-12)13-6-3-2-4-7-13/h2-10H,11H2,1H3. The zero-order valence-electron chi connectivity index (χ0n) is 13.8. The Kier molecular flexibility index (Phi) is 4.68. The summed E-state index contributed by atoms with van der Waals surface area (Å²) in [5.41, 5.74) is 1.84. The zero-order chi connectivity index (χ0) is 17.9.